The Morgan fingerprint density at radius 2 is 0.535 bits per heavy atom. The van der Waals surface area contributed by atoms with E-state index < -0.39 is 15.8 Å². The normalized spacial score (nSPS) is 11.5. The van der Waals surface area contributed by atoms with Gasteiger partial charge in [-0.2, -0.15) is 0 Å². The maximum atomic E-state index is 2.46. The lowest BCUT2D eigenvalue weighted by Crippen LogP contribution is -2.20. The topological polar surface area (TPSA) is 0 Å². The van der Waals surface area contributed by atoms with Crippen LogP contribution < -0.4 is 21.2 Å². The molecule has 4 aromatic carbocycles. The Morgan fingerprint density at radius 3 is 0.721 bits per heavy atom. The molecule has 0 saturated carbocycles. The molecule has 0 spiro atoms. The first-order valence-corrected chi connectivity index (χ1v) is 20.1. The van der Waals surface area contributed by atoms with Gasteiger partial charge in [-0.15, -0.1) is 0 Å². The molecule has 4 rings (SSSR count). The molecule has 0 radical (unpaired) electrons. The van der Waals surface area contributed by atoms with E-state index in [1.54, 1.807) is 0 Å². The molecule has 0 atom stereocenters. The van der Waals surface area contributed by atoms with E-state index in [-0.39, 0.29) is 0 Å². The van der Waals surface area contributed by atoms with Crippen molar-refractivity contribution in [2.75, 3.05) is 5.90 Å². The van der Waals surface area contributed by atoms with Gasteiger partial charge in [0.1, 0.15) is 0 Å². The molecule has 0 N–H and O–H groups in total. The number of hydrogen-bond acceptors (Lipinski definition) is 0. The Labute approximate surface area is 266 Å². The molecule has 0 aliphatic rings. The molecule has 228 valence electrons. The number of rotatable bonds is 18. The fourth-order valence-electron chi connectivity index (χ4n) is 5.66. The number of unbranched alkanes of at least 4 members (excludes halogenated alkanes) is 4. The predicted octanol–water partition coefficient (Wildman–Crippen LogP) is 10.6. The van der Waals surface area contributed by atoms with E-state index in [1.807, 2.05) is 0 Å². The summed E-state index contributed by atoms with van der Waals surface area (Å²) in [6, 6.07) is 38.9. The maximum Gasteiger partial charge on any atom is 0.00405 e. The fraction of sp³-hybridized carbons (Fsp3) is 0.415. The van der Waals surface area contributed by atoms with Crippen LogP contribution in [0.5, 0.6) is 0 Å². The smallest absolute Gasteiger partial charge is 0.00405 e. The van der Waals surface area contributed by atoms with Gasteiger partial charge < -0.3 is 0 Å². The van der Waals surface area contributed by atoms with E-state index in [0.717, 1.165) is 0 Å². The zero-order valence-corrected chi connectivity index (χ0v) is 29.1. The van der Waals surface area contributed by atoms with Crippen molar-refractivity contribution >= 4 is 37.1 Å². The Morgan fingerprint density at radius 1 is 0.326 bits per heavy atom. The van der Waals surface area contributed by atoms with Crippen LogP contribution in [0.2, 0.25) is 0 Å². The van der Waals surface area contributed by atoms with Crippen LogP contribution in [0, 0.1) is 0 Å². The highest BCUT2D eigenvalue weighted by atomic mass is 31.2. The van der Waals surface area contributed by atoms with Gasteiger partial charge in [-0.3, -0.25) is 0 Å². The minimum absolute atomic E-state index is 0.493. The highest BCUT2D eigenvalue weighted by Gasteiger charge is 2.23. The second kappa shape index (κ2) is 18.5. The summed E-state index contributed by atoms with van der Waals surface area (Å²) in [5.41, 5.74) is 5.90. The first kappa shape index (κ1) is 33.6. The van der Waals surface area contributed by atoms with Crippen molar-refractivity contribution in [1.29, 1.82) is 0 Å². The molecule has 0 aliphatic heterocycles. The summed E-state index contributed by atoms with van der Waals surface area (Å²) >= 11 is 0. The Balaban J connectivity index is 1.71. The molecule has 0 unspecified atom stereocenters. The number of benzene rings is 4. The van der Waals surface area contributed by atoms with Gasteiger partial charge in [0.15, 0.2) is 0 Å². The van der Waals surface area contributed by atoms with Gasteiger partial charge in [-0.05, 0) is 111 Å². The summed E-state index contributed by atoms with van der Waals surface area (Å²) in [6.07, 6.45) is 14.8. The molecule has 0 heterocycles. The van der Waals surface area contributed by atoms with Crippen molar-refractivity contribution in [3.05, 3.63) is 119 Å². The summed E-state index contributed by atoms with van der Waals surface area (Å²) in [6.45, 7) is 9.14. The molecule has 0 bridgehead atoms. The molecule has 43 heavy (non-hydrogen) atoms. The lowest BCUT2D eigenvalue weighted by molar-refractivity contribution is 0.795. The molecule has 2 heteroatoms. The Kier molecular flexibility index (Phi) is 14.5. The van der Waals surface area contributed by atoms with Gasteiger partial charge in [0.25, 0.3) is 0 Å². The van der Waals surface area contributed by atoms with Gasteiger partial charge in [0.2, 0.25) is 0 Å². The van der Waals surface area contributed by atoms with Crippen molar-refractivity contribution in [2.24, 2.45) is 0 Å². The zero-order valence-electron chi connectivity index (χ0n) is 27.3. The average molecular weight is 609 g/mol. The van der Waals surface area contributed by atoms with Crippen LogP contribution in [0.4, 0.5) is 0 Å². The third-order valence-electron chi connectivity index (χ3n) is 8.55. The minimum atomic E-state index is -0.493. The molecule has 0 aliphatic carbocycles. The van der Waals surface area contributed by atoms with Crippen molar-refractivity contribution < 1.29 is 0 Å². The third kappa shape index (κ3) is 10.4. The van der Waals surface area contributed by atoms with E-state index >= 15 is 0 Å². The zero-order chi connectivity index (χ0) is 30.3. The van der Waals surface area contributed by atoms with E-state index in [4.69, 9.17) is 0 Å². The molecule has 0 amide bonds. The molecular formula is C41H54P2. The van der Waals surface area contributed by atoms with Gasteiger partial charge in [-0.25, -0.2) is 0 Å². The number of hydrogen-bond donors (Lipinski definition) is 0. The lowest BCUT2D eigenvalue weighted by atomic mass is 10.1. The molecule has 0 nitrogen and oxygen atoms in total. The summed E-state index contributed by atoms with van der Waals surface area (Å²) in [7, 11) is -0.987. The number of aryl methyl sites for hydroxylation is 4. The van der Waals surface area contributed by atoms with Crippen LogP contribution in [0.3, 0.4) is 0 Å². The van der Waals surface area contributed by atoms with Crippen molar-refractivity contribution in [3.63, 3.8) is 0 Å². The standard InChI is InChI=1S/C41H54P2/c1-5-9-13-34-17-25-38(26-18-34)42(39-27-19-35(20-28-39)14-10-6-2)33-43(40-29-21-36(22-30-40)15-11-7-3)41-31-23-37(24-32-41)16-12-8-4/h17-32H,5-16,33H2,1-4H3. The highest BCUT2D eigenvalue weighted by molar-refractivity contribution is 7.88. The second-order valence-corrected chi connectivity index (χ2v) is 17.0. The highest BCUT2D eigenvalue weighted by Crippen LogP contribution is 2.49. The Hall–Kier alpha value is -2.26. The van der Waals surface area contributed by atoms with Crippen molar-refractivity contribution in [3.8, 4) is 0 Å². The maximum absolute atomic E-state index is 2.46. The summed E-state index contributed by atoms with van der Waals surface area (Å²) in [4.78, 5) is 0. The first-order valence-electron chi connectivity index (χ1n) is 17.1. The second-order valence-electron chi connectivity index (χ2n) is 12.1. The van der Waals surface area contributed by atoms with E-state index in [9.17, 15) is 0 Å². The van der Waals surface area contributed by atoms with Gasteiger partial charge in [0, 0.05) is 5.90 Å². The van der Waals surface area contributed by atoms with Crippen LogP contribution in [0.25, 0.3) is 0 Å². The van der Waals surface area contributed by atoms with E-state index in [2.05, 4.69) is 125 Å². The molecule has 0 saturated heterocycles. The summed E-state index contributed by atoms with van der Waals surface area (Å²) < 4.78 is 0. The van der Waals surface area contributed by atoms with Crippen LogP contribution in [0.15, 0.2) is 97.1 Å². The fourth-order valence-corrected chi connectivity index (χ4v) is 12.0. The predicted molar refractivity (Wildman–Crippen MR) is 197 cm³/mol. The van der Waals surface area contributed by atoms with Crippen molar-refractivity contribution in [2.45, 2.75) is 105 Å². The van der Waals surface area contributed by atoms with Crippen LogP contribution in [-0.4, -0.2) is 5.90 Å². The average Bonchev–Trinajstić information content (AvgIpc) is 3.06. The largest absolute Gasteiger partial charge is 0.0654 e. The first-order chi connectivity index (χ1) is 21.1. The van der Waals surface area contributed by atoms with Gasteiger partial charge in [0.05, 0.1) is 0 Å². The summed E-state index contributed by atoms with van der Waals surface area (Å²) in [5, 5.41) is 6.07. The van der Waals surface area contributed by atoms with Crippen LogP contribution >= 0.6 is 15.8 Å². The van der Waals surface area contributed by atoms with Gasteiger partial charge >= 0.3 is 0 Å². The molecular weight excluding hydrogens is 554 g/mol. The van der Waals surface area contributed by atoms with E-state index in [1.165, 1.54) is 126 Å². The third-order valence-corrected chi connectivity index (χ3v) is 14.5. The Bertz CT molecular complexity index is 1100. The monoisotopic (exact) mass is 608 g/mol. The molecule has 0 fully saturated rings. The van der Waals surface area contributed by atoms with Crippen molar-refractivity contribution in [1.82, 2.24) is 0 Å². The van der Waals surface area contributed by atoms with Crippen LogP contribution in [0.1, 0.15) is 101 Å². The SMILES string of the molecule is CCCCc1ccc(P(CP(c2ccc(CCCC)cc2)c2ccc(CCCC)cc2)c2ccc(CCCC)cc2)cc1. The van der Waals surface area contributed by atoms with Crippen LogP contribution in [-0.2, 0) is 25.7 Å². The quantitative estimate of drug-likeness (QED) is 0.0986. The van der Waals surface area contributed by atoms with Gasteiger partial charge in [-0.1, -0.05) is 150 Å². The molecule has 4 aromatic rings. The summed E-state index contributed by atoms with van der Waals surface area (Å²) in [5.74, 6) is 1.19. The van der Waals surface area contributed by atoms with E-state index in [0.29, 0.717) is 0 Å². The lowest BCUT2D eigenvalue weighted by Gasteiger charge is -2.27. The minimum Gasteiger partial charge on any atom is -0.0654 e. The molecule has 0 aromatic heterocycles.